The molecule has 5 heteroatoms. The number of nitrogens with one attached hydrogen (secondary N) is 1. The smallest absolute Gasteiger partial charge is 0.152 e. The monoisotopic (exact) mass is 263 g/mol. The topological polar surface area (TPSA) is 66.0 Å². The van der Waals surface area contributed by atoms with Gasteiger partial charge in [0.2, 0.25) is 0 Å². The molecule has 2 heterocycles. The third-order valence-corrected chi connectivity index (χ3v) is 3.03. The summed E-state index contributed by atoms with van der Waals surface area (Å²) in [4.78, 5) is 4.34. The molecule has 5 nitrogen and oxygen atoms in total. The maximum atomic E-state index is 8.90. The number of fused-ring (bicyclic) bond motifs is 1. The summed E-state index contributed by atoms with van der Waals surface area (Å²) in [7, 11) is 0. The molecule has 98 valence electrons. The summed E-state index contributed by atoms with van der Waals surface area (Å²) in [5.74, 6) is 0.787. The van der Waals surface area contributed by atoms with Gasteiger partial charge in [-0.15, -0.1) is 0 Å². The van der Waals surface area contributed by atoms with E-state index in [1.165, 1.54) is 0 Å². The van der Waals surface area contributed by atoms with E-state index in [1.807, 2.05) is 37.4 Å². The van der Waals surface area contributed by atoms with E-state index in [2.05, 4.69) is 21.5 Å². The van der Waals surface area contributed by atoms with Crippen LogP contribution in [0, 0.1) is 18.3 Å². The largest absolute Gasteiger partial charge is 0.364 e. The van der Waals surface area contributed by atoms with Gasteiger partial charge in [-0.05, 0) is 30.7 Å². The summed E-state index contributed by atoms with van der Waals surface area (Å²) >= 11 is 0. The minimum absolute atomic E-state index is 0.617. The molecule has 1 aromatic carbocycles. The SMILES string of the molecule is Cc1cc2c(NCc3cccc(C#N)c3)nccn2n1. The van der Waals surface area contributed by atoms with Crippen molar-refractivity contribution in [1.82, 2.24) is 14.6 Å². The molecule has 0 aliphatic carbocycles. The maximum Gasteiger partial charge on any atom is 0.152 e. The molecule has 0 unspecified atom stereocenters. The zero-order valence-corrected chi connectivity index (χ0v) is 11.0. The first-order valence-corrected chi connectivity index (χ1v) is 6.30. The van der Waals surface area contributed by atoms with Crippen LogP contribution in [0.25, 0.3) is 5.52 Å². The van der Waals surface area contributed by atoms with Crippen LogP contribution in [0.2, 0.25) is 0 Å². The lowest BCUT2D eigenvalue weighted by Crippen LogP contribution is -2.03. The van der Waals surface area contributed by atoms with E-state index in [1.54, 1.807) is 16.8 Å². The van der Waals surface area contributed by atoms with E-state index in [-0.39, 0.29) is 0 Å². The van der Waals surface area contributed by atoms with E-state index >= 15 is 0 Å². The Labute approximate surface area is 116 Å². The minimum Gasteiger partial charge on any atom is -0.364 e. The summed E-state index contributed by atoms with van der Waals surface area (Å²) in [6.45, 7) is 2.57. The quantitative estimate of drug-likeness (QED) is 0.788. The van der Waals surface area contributed by atoms with E-state index in [9.17, 15) is 0 Å². The van der Waals surface area contributed by atoms with Crippen LogP contribution in [-0.2, 0) is 6.54 Å². The number of aryl methyl sites for hydroxylation is 1. The molecule has 0 amide bonds. The van der Waals surface area contributed by atoms with Crippen molar-refractivity contribution >= 4 is 11.3 Å². The van der Waals surface area contributed by atoms with Crippen LogP contribution in [0.1, 0.15) is 16.8 Å². The third-order valence-electron chi connectivity index (χ3n) is 3.03. The van der Waals surface area contributed by atoms with Gasteiger partial charge in [-0.3, -0.25) is 0 Å². The molecule has 20 heavy (non-hydrogen) atoms. The second-order valence-electron chi connectivity index (χ2n) is 4.56. The first-order valence-electron chi connectivity index (χ1n) is 6.30. The highest BCUT2D eigenvalue weighted by Crippen LogP contribution is 2.16. The molecular weight excluding hydrogens is 250 g/mol. The molecule has 0 spiro atoms. The minimum atomic E-state index is 0.617. The van der Waals surface area contributed by atoms with Crippen LogP contribution in [0.15, 0.2) is 42.7 Å². The van der Waals surface area contributed by atoms with Crippen molar-refractivity contribution in [2.24, 2.45) is 0 Å². The first kappa shape index (κ1) is 12.2. The third kappa shape index (κ3) is 2.31. The molecule has 0 aliphatic rings. The zero-order chi connectivity index (χ0) is 13.9. The highest BCUT2D eigenvalue weighted by atomic mass is 15.2. The summed E-state index contributed by atoms with van der Waals surface area (Å²) in [6, 6.07) is 11.7. The van der Waals surface area contributed by atoms with Crippen molar-refractivity contribution in [3.63, 3.8) is 0 Å². The van der Waals surface area contributed by atoms with Gasteiger partial charge in [-0.2, -0.15) is 10.4 Å². The van der Waals surface area contributed by atoms with E-state index in [0.29, 0.717) is 12.1 Å². The fraction of sp³-hybridized carbons (Fsp3) is 0.133. The Bertz CT molecular complexity index is 797. The summed E-state index contributed by atoms with van der Waals surface area (Å²) in [5, 5.41) is 16.5. The van der Waals surface area contributed by atoms with Crippen LogP contribution in [0.3, 0.4) is 0 Å². The second-order valence-corrected chi connectivity index (χ2v) is 4.56. The fourth-order valence-electron chi connectivity index (χ4n) is 2.12. The highest BCUT2D eigenvalue weighted by molar-refractivity contribution is 5.67. The average molecular weight is 263 g/mol. The lowest BCUT2D eigenvalue weighted by atomic mass is 10.1. The molecule has 2 aromatic heterocycles. The van der Waals surface area contributed by atoms with Crippen LogP contribution < -0.4 is 5.32 Å². The van der Waals surface area contributed by atoms with Crippen molar-refractivity contribution in [2.45, 2.75) is 13.5 Å². The Hall–Kier alpha value is -2.87. The number of nitrogens with zero attached hydrogens (tertiary/aromatic N) is 4. The highest BCUT2D eigenvalue weighted by Gasteiger charge is 2.05. The summed E-state index contributed by atoms with van der Waals surface area (Å²) in [5.41, 5.74) is 3.61. The molecule has 0 radical (unpaired) electrons. The molecule has 0 saturated heterocycles. The Morgan fingerprint density at radius 2 is 2.25 bits per heavy atom. The lowest BCUT2D eigenvalue weighted by Gasteiger charge is -2.07. The molecule has 3 rings (SSSR count). The zero-order valence-electron chi connectivity index (χ0n) is 11.0. The number of rotatable bonds is 3. The second kappa shape index (κ2) is 5.02. The normalized spacial score (nSPS) is 10.4. The molecule has 0 saturated carbocycles. The average Bonchev–Trinajstić information content (AvgIpc) is 2.86. The number of hydrogen-bond donors (Lipinski definition) is 1. The predicted octanol–water partition coefficient (Wildman–Crippen LogP) is 2.52. The molecule has 0 atom stereocenters. The molecule has 0 aliphatic heterocycles. The summed E-state index contributed by atoms with van der Waals surface area (Å²) < 4.78 is 1.80. The van der Waals surface area contributed by atoms with Gasteiger partial charge in [-0.25, -0.2) is 9.50 Å². The van der Waals surface area contributed by atoms with Gasteiger partial charge >= 0.3 is 0 Å². The van der Waals surface area contributed by atoms with Crippen molar-refractivity contribution < 1.29 is 0 Å². The molecular formula is C15H13N5. The van der Waals surface area contributed by atoms with Crippen LogP contribution >= 0.6 is 0 Å². The Kier molecular flexibility index (Phi) is 3.05. The maximum absolute atomic E-state index is 8.90. The van der Waals surface area contributed by atoms with Gasteiger partial charge < -0.3 is 5.32 Å². The van der Waals surface area contributed by atoms with Crippen molar-refractivity contribution in [3.8, 4) is 6.07 Å². The molecule has 0 bridgehead atoms. The summed E-state index contributed by atoms with van der Waals surface area (Å²) in [6.07, 6.45) is 3.54. The van der Waals surface area contributed by atoms with Gasteiger partial charge in [0.15, 0.2) is 5.82 Å². The van der Waals surface area contributed by atoms with Gasteiger partial charge in [0, 0.05) is 18.9 Å². The first-order chi connectivity index (χ1) is 9.76. The standard InChI is InChI=1S/C15H13N5/c1-11-7-14-15(17-5-6-20(14)19-11)18-10-13-4-2-3-12(8-13)9-16/h2-8H,10H2,1H3,(H,17,18). The molecule has 1 N–H and O–H groups in total. The lowest BCUT2D eigenvalue weighted by molar-refractivity contribution is 0.920. The van der Waals surface area contributed by atoms with Crippen LogP contribution in [0.5, 0.6) is 0 Å². The Morgan fingerprint density at radius 1 is 1.35 bits per heavy atom. The van der Waals surface area contributed by atoms with Crippen LogP contribution in [0.4, 0.5) is 5.82 Å². The van der Waals surface area contributed by atoms with E-state index in [4.69, 9.17) is 5.26 Å². The number of benzene rings is 1. The molecule has 3 aromatic rings. The van der Waals surface area contributed by atoms with Gasteiger partial charge in [0.1, 0.15) is 5.52 Å². The van der Waals surface area contributed by atoms with E-state index in [0.717, 1.165) is 22.6 Å². The number of aromatic nitrogens is 3. The van der Waals surface area contributed by atoms with Crippen molar-refractivity contribution in [3.05, 3.63) is 59.5 Å². The van der Waals surface area contributed by atoms with Gasteiger partial charge in [0.05, 0.1) is 17.3 Å². The Balaban J connectivity index is 1.85. The van der Waals surface area contributed by atoms with Crippen LogP contribution in [-0.4, -0.2) is 14.6 Å². The number of nitriles is 1. The van der Waals surface area contributed by atoms with Gasteiger partial charge in [-0.1, -0.05) is 12.1 Å². The van der Waals surface area contributed by atoms with Crippen molar-refractivity contribution in [1.29, 1.82) is 5.26 Å². The van der Waals surface area contributed by atoms with Gasteiger partial charge in [0.25, 0.3) is 0 Å². The van der Waals surface area contributed by atoms with E-state index < -0.39 is 0 Å². The predicted molar refractivity (Wildman–Crippen MR) is 76.2 cm³/mol. The van der Waals surface area contributed by atoms with Crippen molar-refractivity contribution in [2.75, 3.05) is 5.32 Å². The fourth-order valence-corrected chi connectivity index (χ4v) is 2.12. The molecule has 0 fully saturated rings. The number of anilines is 1. The Morgan fingerprint density at radius 3 is 3.10 bits per heavy atom. The number of hydrogen-bond acceptors (Lipinski definition) is 4.